The second-order valence-electron chi connectivity index (χ2n) is 4.71. The molecular formula is C13H15NO2. The molecule has 3 heteroatoms. The Hall–Kier alpha value is -1.35. The molecule has 1 aromatic rings. The van der Waals surface area contributed by atoms with Gasteiger partial charge in [0.25, 0.3) is 0 Å². The van der Waals surface area contributed by atoms with E-state index in [1.807, 2.05) is 35.2 Å². The third kappa shape index (κ3) is 1.43. The van der Waals surface area contributed by atoms with Crippen LogP contribution < -0.4 is 0 Å². The van der Waals surface area contributed by atoms with E-state index in [4.69, 9.17) is 0 Å². The van der Waals surface area contributed by atoms with Crippen LogP contribution in [0.3, 0.4) is 0 Å². The van der Waals surface area contributed by atoms with Gasteiger partial charge in [-0.1, -0.05) is 30.3 Å². The second kappa shape index (κ2) is 3.59. The summed E-state index contributed by atoms with van der Waals surface area (Å²) in [5.74, 6) is 0.856. The Morgan fingerprint density at radius 1 is 1.31 bits per heavy atom. The molecule has 3 rings (SSSR count). The van der Waals surface area contributed by atoms with Crippen molar-refractivity contribution in [3.05, 3.63) is 35.9 Å². The van der Waals surface area contributed by atoms with E-state index in [1.165, 1.54) is 0 Å². The quantitative estimate of drug-likeness (QED) is 0.821. The number of aliphatic hydroxyl groups is 1. The van der Waals surface area contributed by atoms with E-state index in [9.17, 15) is 9.90 Å². The Bertz CT molecular complexity index is 404. The highest BCUT2D eigenvalue weighted by molar-refractivity contribution is 5.85. The molecule has 0 bridgehead atoms. The van der Waals surface area contributed by atoms with Crippen LogP contribution in [0, 0.1) is 11.8 Å². The average Bonchev–Trinajstić information content (AvgIpc) is 3.05. The van der Waals surface area contributed by atoms with E-state index in [0.717, 1.165) is 12.0 Å². The number of nitrogens with zero attached hydrogens (tertiary/aromatic N) is 1. The SMILES string of the molecule is O=C1[C@@H]2C[C@@H]2C(CO)N1Cc1ccccc1. The van der Waals surface area contributed by atoms with Crippen LogP contribution >= 0.6 is 0 Å². The zero-order chi connectivity index (χ0) is 11.1. The number of hydrogen-bond donors (Lipinski definition) is 1. The lowest BCUT2D eigenvalue weighted by molar-refractivity contribution is -0.132. The molecule has 84 valence electrons. The fourth-order valence-corrected chi connectivity index (χ4v) is 2.74. The third-order valence-electron chi connectivity index (χ3n) is 3.72. The Labute approximate surface area is 94.7 Å². The normalized spacial score (nSPS) is 31.7. The lowest BCUT2D eigenvalue weighted by atomic mass is 10.1. The van der Waals surface area contributed by atoms with Gasteiger partial charge < -0.3 is 10.0 Å². The monoisotopic (exact) mass is 217 g/mol. The van der Waals surface area contributed by atoms with Gasteiger partial charge in [-0.05, 0) is 17.9 Å². The highest BCUT2D eigenvalue weighted by Crippen LogP contribution is 2.50. The molecule has 2 aliphatic rings. The smallest absolute Gasteiger partial charge is 0.226 e. The van der Waals surface area contributed by atoms with Crippen molar-refractivity contribution >= 4 is 5.91 Å². The molecule has 1 unspecified atom stereocenters. The summed E-state index contributed by atoms with van der Waals surface area (Å²) in [6.07, 6.45) is 0.981. The van der Waals surface area contributed by atoms with Gasteiger partial charge in [0.15, 0.2) is 0 Å². The molecule has 0 radical (unpaired) electrons. The zero-order valence-corrected chi connectivity index (χ0v) is 9.04. The van der Waals surface area contributed by atoms with Gasteiger partial charge in [0.2, 0.25) is 5.91 Å². The zero-order valence-electron chi connectivity index (χ0n) is 9.04. The first-order chi connectivity index (χ1) is 7.81. The van der Waals surface area contributed by atoms with Crippen molar-refractivity contribution in [1.29, 1.82) is 0 Å². The van der Waals surface area contributed by atoms with Gasteiger partial charge in [0, 0.05) is 12.5 Å². The van der Waals surface area contributed by atoms with Crippen LogP contribution in [0.2, 0.25) is 0 Å². The summed E-state index contributed by atoms with van der Waals surface area (Å²) in [7, 11) is 0. The Morgan fingerprint density at radius 3 is 2.75 bits per heavy atom. The molecular weight excluding hydrogens is 202 g/mol. The number of rotatable bonds is 3. The first-order valence-electron chi connectivity index (χ1n) is 5.76. The average molecular weight is 217 g/mol. The lowest BCUT2D eigenvalue weighted by Gasteiger charge is -2.26. The van der Waals surface area contributed by atoms with Crippen LogP contribution in [0.1, 0.15) is 12.0 Å². The van der Waals surface area contributed by atoms with Crippen molar-refractivity contribution in [2.24, 2.45) is 11.8 Å². The molecule has 1 aliphatic heterocycles. The molecule has 1 heterocycles. The first-order valence-corrected chi connectivity index (χ1v) is 5.76. The van der Waals surface area contributed by atoms with Crippen LogP contribution in [0.5, 0.6) is 0 Å². The number of aliphatic hydroxyl groups excluding tert-OH is 1. The number of piperidine rings is 1. The minimum Gasteiger partial charge on any atom is -0.394 e. The van der Waals surface area contributed by atoms with Crippen molar-refractivity contribution in [3.63, 3.8) is 0 Å². The van der Waals surface area contributed by atoms with Crippen LogP contribution in [0.25, 0.3) is 0 Å². The molecule has 0 spiro atoms. The first kappa shape index (κ1) is 9.85. The molecule has 0 aromatic heterocycles. The number of benzene rings is 1. The predicted octanol–water partition coefficient (Wildman–Crippen LogP) is 1.03. The van der Waals surface area contributed by atoms with Gasteiger partial charge in [0.1, 0.15) is 0 Å². The van der Waals surface area contributed by atoms with Crippen molar-refractivity contribution < 1.29 is 9.90 Å². The number of carbonyl (C=O) groups excluding carboxylic acids is 1. The van der Waals surface area contributed by atoms with Crippen LogP contribution in [-0.4, -0.2) is 28.6 Å². The highest BCUT2D eigenvalue weighted by Gasteiger charge is 2.57. The predicted molar refractivity (Wildman–Crippen MR) is 59.5 cm³/mol. The topological polar surface area (TPSA) is 40.5 Å². The van der Waals surface area contributed by atoms with Crippen LogP contribution in [0.15, 0.2) is 30.3 Å². The van der Waals surface area contributed by atoms with Gasteiger partial charge in [-0.25, -0.2) is 0 Å². The second-order valence-corrected chi connectivity index (χ2v) is 4.71. The molecule has 2 fully saturated rings. The van der Waals surface area contributed by atoms with E-state index in [-0.39, 0.29) is 24.5 Å². The van der Waals surface area contributed by atoms with E-state index in [1.54, 1.807) is 0 Å². The molecule has 1 amide bonds. The summed E-state index contributed by atoms with van der Waals surface area (Å²) in [4.78, 5) is 13.8. The van der Waals surface area contributed by atoms with Crippen LogP contribution in [0.4, 0.5) is 0 Å². The molecule has 1 aliphatic carbocycles. The van der Waals surface area contributed by atoms with Gasteiger partial charge in [-0.2, -0.15) is 0 Å². The Morgan fingerprint density at radius 2 is 2.06 bits per heavy atom. The maximum absolute atomic E-state index is 11.9. The number of fused-ring (bicyclic) bond motifs is 1. The summed E-state index contributed by atoms with van der Waals surface area (Å²) in [6.45, 7) is 0.734. The van der Waals surface area contributed by atoms with E-state index < -0.39 is 0 Å². The molecule has 1 saturated heterocycles. The summed E-state index contributed by atoms with van der Waals surface area (Å²) in [6, 6.07) is 10.0. The van der Waals surface area contributed by atoms with Gasteiger partial charge in [-0.15, -0.1) is 0 Å². The summed E-state index contributed by atoms with van der Waals surface area (Å²) < 4.78 is 0. The minimum atomic E-state index is 0.0534. The maximum Gasteiger partial charge on any atom is 0.226 e. The lowest BCUT2D eigenvalue weighted by Crippen LogP contribution is -2.38. The number of likely N-dealkylation sites (tertiary alicyclic amines) is 1. The van der Waals surface area contributed by atoms with Crippen molar-refractivity contribution in [1.82, 2.24) is 4.90 Å². The molecule has 1 saturated carbocycles. The molecule has 1 aromatic carbocycles. The molecule has 1 N–H and O–H groups in total. The van der Waals surface area contributed by atoms with E-state index in [2.05, 4.69) is 0 Å². The van der Waals surface area contributed by atoms with Gasteiger partial charge >= 0.3 is 0 Å². The molecule has 3 nitrogen and oxygen atoms in total. The summed E-state index contributed by atoms with van der Waals surface area (Å²) >= 11 is 0. The van der Waals surface area contributed by atoms with Gasteiger partial charge in [-0.3, -0.25) is 4.79 Å². The van der Waals surface area contributed by atoms with Crippen LogP contribution in [-0.2, 0) is 11.3 Å². The largest absolute Gasteiger partial charge is 0.394 e. The van der Waals surface area contributed by atoms with E-state index >= 15 is 0 Å². The van der Waals surface area contributed by atoms with Crippen molar-refractivity contribution in [2.75, 3.05) is 6.61 Å². The fraction of sp³-hybridized carbons (Fsp3) is 0.462. The standard InChI is InChI=1S/C13H15NO2/c15-8-12-10-6-11(10)13(16)14(12)7-9-4-2-1-3-5-9/h1-5,10-12,15H,6-8H2/t10-,11+,12?/m0/s1. The number of carbonyl (C=O) groups is 1. The summed E-state index contributed by atoms with van der Waals surface area (Å²) in [5.41, 5.74) is 1.13. The maximum atomic E-state index is 11.9. The Kier molecular flexibility index (Phi) is 2.21. The Balaban J connectivity index is 1.77. The highest BCUT2D eigenvalue weighted by atomic mass is 16.3. The third-order valence-corrected chi connectivity index (χ3v) is 3.72. The number of amides is 1. The van der Waals surface area contributed by atoms with Crippen molar-refractivity contribution in [2.45, 2.75) is 19.0 Å². The molecule has 3 atom stereocenters. The molecule has 16 heavy (non-hydrogen) atoms. The number of hydrogen-bond acceptors (Lipinski definition) is 2. The summed E-state index contributed by atoms with van der Waals surface area (Å²) in [5, 5.41) is 9.34. The van der Waals surface area contributed by atoms with E-state index in [0.29, 0.717) is 12.5 Å². The minimum absolute atomic E-state index is 0.0534. The van der Waals surface area contributed by atoms with Crippen molar-refractivity contribution in [3.8, 4) is 0 Å². The fourth-order valence-electron chi connectivity index (χ4n) is 2.74. The van der Waals surface area contributed by atoms with Gasteiger partial charge in [0.05, 0.1) is 12.6 Å².